The first kappa shape index (κ1) is 30.0. The molecule has 0 aliphatic carbocycles. The number of ether oxygens (including phenoxy) is 2. The van der Waals surface area contributed by atoms with E-state index in [1.54, 1.807) is 0 Å². The van der Waals surface area contributed by atoms with Gasteiger partial charge in [0.05, 0.1) is 31.6 Å². The Morgan fingerprint density at radius 3 is 2.18 bits per heavy atom. The standard InChI is InChI=1S/C21H22BF2N9O8P2S/c22-42(34)36-3-9-16(12(24)21(38-9)33-7-31-14-17(26)28-5-29-19(14)33)41-43(35,44)37-4-10-15(40-42)11(23)20(39-10)32-6-30-13-8(25)1-2-27-18(13)32/h1-2,5-7,9-12,15-16,20-21H,3-4H2,(H2,25,27)(H,35,44)(H2,26,28,29)/t9-,10?,11-,12-,15-,16-,20-,21-,42?,43?/m1/s1. The fraction of sp³-hybridized carbons (Fsp3) is 0.476. The third-order valence-corrected chi connectivity index (χ3v) is 9.91. The van der Waals surface area contributed by atoms with E-state index in [-0.39, 0.29) is 22.6 Å². The number of rotatable bonds is 2. The maximum Gasteiger partial charge on any atom is 0.325 e. The predicted octanol–water partition coefficient (Wildman–Crippen LogP) is 1.22. The van der Waals surface area contributed by atoms with Crippen LogP contribution in [0.2, 0.25) is 0 Å². The Bertz CT molecular complexity index is 1710. The molecule has 7 heterocycles. The molecule has 0 saturated carbocycles. The van der Waals surface area contributed by atoms with Gasteiger partial charge in [-0.1, -0.05) is 0 Å². The summed E-state index contributed by atoms with van der Waals surface area (Å²) in [5.74, 6) is 0.0523. The molecule has 7 rings (SSSR count). The van der Waals surface area contributed by atoms with Crippen molar-refractivity contribution in [3.05, 3.63) is 31.2 Å². The van der Waals surface area contributed by atoms with Gasteiger partial charge in [0.25, 0.3) is 7.47 Å². The van der Waals surface area contributed by atoms with Gasteiger partial charge in [-0.25, -0.2) is 33.7 Å². The highest BCUT2D eigenvalue weighted by atomic mass is 32.5. The van der Waals surface area contributed by atoms with Crippen LogP contribution in [0, 0.1) is 0 Å². The fourth-order valence-electron chi connectivity index (χ4n) is 5.28. The van der Waals surface area contributed by atoms with Crippen LogP contribution in [0.1, 0.15) is 12.5 Å². The van der Waals surface area contributed by atoms with Gasteiger partial charge in [0, 0.05) is 6.20 Å². The molecule has 4 aromatic heterocycles. The van der Waals surface area contributed by atoms with E-state index in [0.29, 0.717) is 11.2 Å². The van der Waals surface area contributed by atoms with Crippen LogP contribution in [0.3, 0.4) is 0 Å². The van der Waals surface area contributed by atoms with E-state index in [1.165, 1.54) is 34.1 Å². The topological polar surface area (TPSA) is 219 Å². The van der Waals surface area contributed by atoms with Crippen molar-refractivity contribution in [3.8, 4) is 0 Å². The quantitative estimate of drug-likeness (QED) is 0.201. The zero-order valence-corrected chi connectivity index (χ0v) is 24.8. The summed E-state index contributed by atoms with van der Waals surface area (Å²) in [5.41, 5.74) is 12.9. The van der Waals surface area contributed by atoms with Crippen molar-refractivity contribution in [3.63, 3.8) is 0 Å². The number of anilines is 2. The average molecular weight is 671 g/mol. The summed E-state index contributed by atoms with van der Waals surface area (Å²) in [4.78, 5) is 31.3. The van der Waals surface area contributed by atoms with Crippen molar-refractivity contribution in [2.45, 2.75) is 49.2 Å². The van der Waals surface area contributed by atoms with Crippen molar-refractivity contribution in [1.82, 2.24) is 34.1 Å². The monoisotopic (exact) mass is 671 g/mol. The average Bonchev–Trinajstić information content (AvgIpc) is 3.73. The first-order valence-electron chi connectivity index (χ1n) is 12.9. The number of nitrogens with zero attached hydrogens (tertiary/aromatic N) is 7. The number of aromatic nitrogens is 7. The summed E-state index contributed by atoms with van der Waals surface area (Å²) in [7, 11) is 1.28. The number of imidazole rings is 2. The molecule has 3 fully saturated rings. The lowest BCUT2D eigenvalue weighted by molar-refractivity contribution is -0.0566. The molecular formula is C21H22BF2N9O8P2S. The second kappa shape index (κ2) is 11.0. The normalized spacial score (nSPS) is 38.2. The minimum Gasteiger partial charge on any atom is -0.397 e. The Balaban J connectivity index is 1.17. The molecule has 3 saturated heterocycles. The summed E-state index contributed by atoms with van der Waals surface area (Å²) in [6.45, 7) is -5.56. The van der Waals surface area contributed by atoms with Gasteiger partial charge in [-0.15, -0.1) is 0 Å². The van der Waals surface area contributed by atoms with Crippen LogP contribution >= 0.6 is 14.2 Å². The largest absolute Gasteiger partial charge is 0.397 e. The van der Waals surface area contributed by atoms with Gasteiger partial charge in [-0.3, -0.25) is 18.2 Å². The van der Waals surface area contributed by atoms with Gasteiger partial charge < -0.3 is 39.4 Å². The zero-order chi connectivity index (χ0) is 31.0. The van der Waals surface area contributed by atoms with E-state index in [0.717, 1.165) is 6.33 Å². The third-order valence-electron chi connectivity index (χ3n) is 7.31. The molecular weight excluding hydrogens is 649 g/mol. The molecule has 232 valence electrons. The summed E-state index contributed by atoms with van der Waals surface area (Å²) in [6, 6.07) is 1.52. The highest BCUT2D eigenvalue weighted by Gasteiger charge is 2.53. The molecule has 2 radical (unpaired) electrons. The Kier molecular flexibility index (Phi) is 7.48. The first-order chi connectivity index (χ1) is 20.9. The van der Waals surface area contributed by atoms with Crippen molar-refractivity contribution in [1.29, 1.82) is 0 Å². The van der Waals surface area contributed by atoms with Crippen LogP contribution in [0.4, 0.5) is 20.3 Å². The number of fused-ring (bicyclic) bond motifs is 4. The van der Waals surface area contributed by atoms with Crippen LogP contribution in [-0.2, 0) is 43.9 Å². The lowest BCUT2D eigenvalue weighted by atomic mass is 10.1. The number of hydrogen-bond acceptors (Lipinski definition) is 15. The number of hydrogen-bond donors (Lipinski definition) is 3. The van der Waals surface area contributed by atoms with Crippen molar-refractivity contribution in [2.24, 2.45) is 0 Å². The van der Waals surface area contributed by atoms with Gasteiger partial charge in [0.2, 0.25) is 7.57 Å². The molecule has 23 heteroatoms. The highest BCUT2D eigenvalue weighted by molar-refractivity contribution is 8.07. The second-order valence-electron chi connectivity index (χ2n) is 10.1. The molecule has 3 aliphatic heterocycles. The third kappa shape index (κ3) is 5.20. The summed E-state index contributed by atoms with van der Waals surface area (Å²) in [5, 5.41) is 0. The SMILES string of the molecule is [B]P1(=O)OC[C@H]2O[C@@H](n3cnc4c(N)ncnc43)[C@H](F)[C@@H]2OP(O)(=S)OCC2O[C@@H](n3cnc4c(N)ccnc43)[C@H](F)[C@@H]2O1. The molecule has 3 unspecified atom stereocenters. The molecule has 5 N–H and O–H groups in total. The van der Waals surface area contributed by atoms with Crippen LogP contribution in [0.15, 0.2) is 31.2 Å². The Morgan fingerprint density at radius 2 is 1.50 bits per heavy atom. The van der Waals surface area contributed by atoms with Gasteiger partial charge in [0.15, 0.2) is 41.9 Å². The van der Waals surface area contributed by atoms with E-state index in [9.17, 15) is 9.46 Å². The molecule has 17 nitrogen and oxygen atoms in total. The number of nitrogen functional groups attached to an aromatic ring is 2. The van der Waals surface area contributed by atoms with E-state index in [2.05, 4.69) is 24.9 Å². The smallest absolute Gasteiger partial charge is 0.325 e. The van der Waals surface area contributed by atoms with E-state index in [4.69, 9.17) is 58.4 Å². The lowest BCUT2D eigenvalue weighted by Crippen LogP contribution is -2.37. The molecule has 0 spiro atoms. The summed E-state index contributed by atoms with van der Waals surface area (Å²) in [6.07, 6.45) is -7.79. The summed E-state index contributed by atoms with van der Waals surface area (Å²) < 4.78 is 81.1. The fourth-order valence-corrected chi connectivity index (χ4v) is 7.72. The van der Waals surface area contributed by atoms with E-state index in [1.807, 2.05) is 0 Å². The van der Waals surface area contributed by atoms with Crippen LogP contribution in [-0.4, -0.2) is 96.5 Å². The Hall–Kier alpha value is -2.71. The minimum absolute atomic E-state index is 0.0523. The van der Waals surface area contributed by atoms with Crippen molar-refractivity contribution >= 4 is 67.4 Å². The van der Waals surface area contributed by atoms with E-state index >= 15 is 8.78 Å². The van der Waals surface area contributed by atoms with Crippen molar-refractivity contribution < 1.29 is 45.8 Å². The molecule has 0 amide bonds. The van der Waals surface area contributed by atoms with Gasteiger partial charge in [0.1, 0.15) is 41.8 Å². The van der Waals surface area contributed by atoms with Gasteiger partial charge in [-0.05, 0) is 17.9 Å². The first-order valence-corrected chi connectivity index (χ1v) is 17.1. The minimum atomic E-state index is -4.56. The molecule has 4 aromatic rings. The zero-order valence-electron chi connectivity index (χ0n) is 22.1. The molecule has 10 atom stereocenters. The van der Waals surface area contributed by atoms with Crippen LogP contribution in [0.25, 0.3) is 22.3 Å². The molecule has 0 aromatic carbocycles. The van der Waals surface area contributed by atoms with Gasteiger partial charge in [-0.2, -0.15) is 0 Å². The second-order valence-corrected chi connectivity index (χ2v) is 14.4. The molecule has 44 heavy (non-hydrogen) atoms. The Labute approximate surface area is 252 Å². The van der Waals surface area contributed by atoms with Crippen molar-refractivity contribution in [2.75, 3.05) is 24.7 Å². The predicted molar refractivity (Wildman–Crippen MR) is 151 cm³/mol. The number of alkyl halides is 2. The number of nitrogens with two attached hydrogens (primary N) is 2. The molecule has 0 bridgehead atoms. The highest BCUT2D eigenvalue weighted by Crippen LogP contribution is 2.54. The van der Waals surface area contributed by atoms with Crippen LogP contribution < -0.4 is 11.5 Å². The molecule has 3 aliphatic rings. The Morgan fingerprint density at radius 1 is 0.909 bits per heavy atom. The van der Waals surface area contributed by atoms with E-state index < -0.39 is 76.6 Å². The van der Waals surface area contributed by atoms with Gasteiger partial charge >= 0.3 is 6.72 Å². The summed E-state index contributed by atoms with van der Waals surface area (Å²) >= 11 is 5.15. The van der Waals surface area contributed by atoms with Crippen LogP contribution in [0.5, 0.6) is 0 Å². The number of pyridine rings is 1. The lowest BCUT2D eigenvalue weighted by Gasteiger charge is -2.29. The number of halogens is 2. The maximum atomic E-state index is 16.0. The maximum absolute atomic E-state index is 16.0.